The summed E-state index contributed by atoms with van der Waals surface area (Å²) in [5, 5.41) is 0.837. The zero-order valence-corrected chi connectivity index (χ0v) is 23.7. The quantitative estimate of drug-likeness (QED) is 0.274. The molecule has 1 aliphatic rings. The van der Waals surface area contributed by atoms with E-state index in [4.69, 9.17) is 11.6 Å². The topological polar surface area (TPSA) is 26.8 Å². The van der Waals surface area contributed by atoms with E-state index in [2.05, 4.69) is 64.8 Å². The lowest BCUT2D eigenvalue weighted by Crippen LogP contribution is -2.51. The Labute approximate surface area is 231 Å². The number of piperidine rings is 1. The summed E-state index contributed by atoms with van der Waals surface area (Å²) in [5.74, 6) is 0.533. The fourth-order valence-corrected chi connectivity index (χ4v) is 6.65. The van der Waals surface area contributed by atoms with Crippen LogP contribution in [0.25, 0.3) is 0 Å². The molecule has 4 nitrogen and oxygen atoms in total. The van der Waals surface area contributed by atoms with Crippen molar-refractivity contribution in [2.24, 2.45) is 0 Å². The summed E-state index contributed by atoms with van der Waals surface area (Å²) >= 11 is 8.44. The Hall–Kier alpha value is -2.31. The van der Waals surface area contributed by atoms with E-state index in [-0.39, 0.29) is 5.91 Å². The lowest BCUT2D eigenvalue weighted by molar-refractivity contribution is -0.136. The minimum Gasteiger partial charge on any atom is -0.348 e. The second-order valence-electron chi connectivity index (χ2n) is 10.2. The third-order valence-corrected chi connectivity index (χ3v) is 8.76. The fraction of sp³-hybridized carbons (Fsp3) is 0.387. The van der Waals surface area contributed by atoms with E-state index >= 15 is 0 Å². The van der Waals surface area contributed by atoms with Crippen molar-refractivity contribution < 1.29 is 4.79 Å². The number of rotatable bonds is 10. The summed E-state index contributed by atoms with van der Waals surface area (Å²) in [7, 11) is 5.90. The summed E-state index contributed by atoms with van der Waals surface area (Å²) < 4.78 is 2.32. The molecule has 6 heteroatoms. The first-order chi connectivity index (χ1) is 17.9. The average molecular weight is 536 g/mol. The second-order valence-corrected chi connectivity index (χ2v) is 11.9. The van der Waals surface area contributed by atoms with Crippen molar-refractivity contribution in [2.45, 2.75) is 35.5 Å². The molecule has 37 heavy (non-hydrogen) atoms. The molecule has 0 aliphatic carbocycles. The van der Waals surface area contributed by atoms with Gasteiger partial charge < -0.3 is 9.80 Å². The Morgan fingerprint density at radius 3 is 2.14 bits per heavy atom. The van der Waals surface area contributed by atoms with Crippen LogP contribution in [-0.4, -0.2) is 67.3 Å². The highest BCUT2D eigenvalue weighted by Gasteiger charge is 2.43. The molecule has 1 unspecified atom stereocenters. The van der Waals surface area contributed by atoms with Crippen molar-refractivity contribution >= 4 is 29.5 Å². The van der Waals surface area contributed by atoms with Crippen LogP contribution in [0.2, 0.25) is 5.02 Å². The first-order valence-corrected chi connectivity index (χ1v) is 14.2. The molecule has 3 aromatic carbocycles. The van der Waals surface area contributed by atoms with Gasteiger partial charge in [0.2, 0.25) is 5.91 Å². The highest BCUT2D eigenvalue weighted by Crippen LogP contribution is 2.38. The van der Waals surface area contributed by atoms with Gasteiger partial charge in [-0.1, -0.05) is 78.3 Å². The van der Waals surface area contributed by atoms with Crippen LogP contribution >= 0.6 is 23.5 Å². The molecule has 1 atom stereocenters. The maximum atomic E-state index is 13.4. The molecule has 0 radical (unpaired) electrons. The number of amides is 1. The second kappa shape index (κ2) is 13.0. The normalized spacial score (nSPS) is 16.5. The number of likely N-dealkylation sites (N-methyl/N-ethyl adjacent to an activating group) is 2. The molecule has 196 valence electrons. The lowest BCUT2D eigenvalue weighted by atomic mass is 9.71. The highest BCUT2D eigenvalue weighted by molar-refractivity contribution is 7.97. The van der Waals surface area contributed by atoms with Crippen molar-refractivity contribution in [1.29, 1.82) is 0 Å². The van der Waals surface area contributed by atoms with Crippen LogP contribution < -0.4 is 0 Å². The molecule has 0 bridgehead atoms. The van der Waals surface area contributed by atoms with E-state index in [1.165, 1.54) is 10.5 Å². The van der Waals surface area contributed by atoms with Crippen molar-refractivity contribution in [3.8, 4) is 0 Å². The van der Waals surface area contributed by atoms with Crippen LogP contribution in [0, 0.1) is 0 Å². The van der Waals surface area contributed by atoms with Gasteiger partial charge in [-0.25, -0.2) is 4.31 Å². The maximum absolute atomic E-state index is 13.4. The number of likely N-dealkylation sites (tertiary alicyclic amines) is 1. The van der Waals surface area contributed by atoms with E-state index in [1.54, 1.807) is 16.8 Å². The summed E-state index contributed by atoms with van der Waals surface area (Å²) in [6.45, 7) is 3.72. The Balaban J connectivity index is 1.43. The standard InChI is InChI=1S/C31H38ClN3OS/c1-33(2)30(36)31(26-12-6-4-7-13-26)19-22-35(23-20-31)21-18-25(28-16-10-11-17-29(28)32)24-34(3)37-27-14-8-5-9-15-27/h4-17,25H,18-24H2,1-3H3. The van der Waals surface area contributed by atoms with Crippen molar-refractivity contribution in [3.05, 3.63) is 101 Å². The van der Waals surface area contributed by atoms with Gasteiger partial charge in [0, 0.05) is 36.5 Å². The molecule has 3 aromatic rings. The highest BCUT2D eigenvalue weighted by atomic mass is 35.5. The van der Waals surface area contributed by atoms with Gasteiger partial charge in [0.05, 0.1) is 5.41 Å². The van der Waals surface area contributed by atoms with E-state index in [1.807, 2.05) is 50.5 Å². The van der Waals surface area contributed by atoms with E-state index in [0.717, 1.165) is 56.0 Å². The Bertz CT molecular complexity index is 1130. The van der Waals surface area contributed by atoms with Crippen LogP contribution in [0.1, 0.15) is 36.3 Å². The first kappa shape index (κ1) is 27.7. The van der Waals surface area contributed by atoms with Crippen molar-refractivity contribution in [2.75, 3.05) is 47.3 Å². The van der Waals surface area contributed by atoms with Crippen LogP contribution in [0.15, 0.2) is 89.8 Å². The number of hydrogen-bond donors (Lipinski definition) is 0. The zero-order chi connectivity index (χ0) is 26.3. The average Bonchev–Trinajstić information content (AvgIpc) is 2.92. The van der Waals surface area contributed by atoms with Gasteiger partial charge in [-0.2, -0.15) is 0 Å². The number of carbonyl (C=O) groups excluding carboxylic acids is 1. The van der Waals surface area contributed by atoms with Gasteiger partial charge in [0.15, 0.2) is 0 Å². The molecule has 4 rings (SSSR count). The molecule has 0 N–H and O–H groups in total. The lowest BCUT2D eigenvalue weighted by Gasteiger charge is -2.42. The van der Waals surface area contributed by atoms with Gasteiger partial charge >= 0.3 is 0 Å². The Morgan fingerprint density at radius 1 is 0.919 bits per heavy atom. The molecule has 0 saturated carbocycles. The van der Waals surface area contributed by atoms with Crippen LogP contribution in [-0.2, 0) is 10.2 Å². The molecular formula is C31H38ClN3OS. The summed E-state index contributed by atoms with van der Waals surface area (Å²) in [5.41, 5.74) is 1.92. The third-order valence-electron chi connectivity index (χ3n) is 7.47. The minimum absolute atomic E-state index is 0.215. The van der Waals surface area contributed by atoms with Gasteiger partial charge in [0.25, 0.3) is 0 Å². The largest absolute Gasteiger partial charge is 0.348 e. The Morgan fingerprint density at radius 2 is 1.51 bits per heavy atom. The van der Waals surface area contributed by atoms with Crippen LogP contribution in [0.5, 0.6) is 0 Å². The van der Waals surface area contributed by atoms with Crippen LogP contribution in [0.3, 0.4) is 0 Å². The van der Waals surface area contributed by atoms with Crippen LogP contribution in [0.4, 0.5) is 0 Å². The fourth-order valence-electron chi connectivity index (χ4n) is 5.47. The number of halogens is 1. The predicted molar refractivity (Wildman–Crippen MR) is 156 cm³/mol. The summed E-state index contributed by atoms with van der Waals surface area (Å²) in [6, 6.07) is 29.1. The monoisotopic (exact) mass is 535 g/mol. The van der Waals surface area contributed by atoms with E-state index in [0.29, 0.717) is 5.92 Å². The molecule has 0 spiro atoms. The predicted octanol–water partition coefficient (Wildman–Crippen LogP) is 6.57. The van der Waals surface area contributed by atoms with E-state index < -0.39 is 5.41 Å². The Kier molecular flexibility index (Phi) is 9.71. The van der Waals surface area contributed by atoms with Gasteiger partial charge in [-0.05, 0) is 87.2 Å². The molecule has 1 saturated heterocycles. The number of nitrogens with zero attached hydrogens (tertiary/aromatic N) is 3. The molecule has 1 heterocycles. The molecule has 0 aromatic heterocycles. The zero-order valence-electron chi connectivity index (χ0n) is 22.1. The summed E-state index contributed by atoms with van der Waals surface area (Å²) in [6.07, 6.45) is 2.70. The van der Waals surface area contributed by atoms with Gasteiger partial charge in [-0.15, -0.1) is 0 Å². The third kappa shape index (κ3) is 6.97. The van der Waals surface area contributed by atoms with Gasteiger partial charge in [0.1, 0.15) is 0 Å². The smallest absolute Gasteiger partial charge is 0.232 e. The number of hydrogen-bond acceptors (Lipinski definition) is 4. The van der Waals surface area contributed by atoms with Crippen molar-refractivity contribution in [3.63, 3.8) is 0 Å². The van der Waals surface area contributed by atoms with E-state index in [9.17, 15) is 4.79 Å². The molecular weight excluding hydrogens is 498 g/mol. The number of carbonyl (C=O) groups is 1. The van der Waals surface area contributed by atoms with Crippen molar-refractivity contribution in [1.82, 2.24) is 14.1 Å². The maximum Gasteiger partial charge on any atom is 0.232 e. The number of benzene rings is 3. The molecule has 1 fully saturated rings. The first-order valence-electron chi connectivity index (χ1n) is 13.1. The SMILES string of the molecule is CN(CC(CCN1CCC(C(=O)N(C)C)(c2ccccc2)CC1)c1ccccc1Cl)Sc1ccccc1. The molecule has 1 amide bonds. The minimum atomic E-state index is -0.435. The summed E-state index contributed by atoms with van der Waals surface area (Å²) in [4.78, 5) is 18.9. The molecule has 1 aliphatic heterocycles. The van der Waals surface area contributed by atoms with Gasteiger partial charge in [-0.3, -0.25) is 4.79 Å².